The second-order valence-corrected chi connectivity index (χ2v) is 6.28. The van der Waals surface area contributed by atoms with Crippen LogP contribution in [0.25, 0.3) is 6.08 Å². The van der Waals surface area contributed by atoms with Crippen LogP contribution in [-0.4, -0.2) is 35.5 Å². The van der Waals surface area contributed by atoms with Crippen LogP contribution in [0, 0.1) is 0 Å². The summed E-state index contributed by atoms with van der Waals surface area (Å²) in [5.41, 5.74) is 0. The highest BCUT2D eigenvalue weighted by atomic mass is 32.2. The smallest absolute Gasteiger partial charge is 0.328 e. The van der Waals surface area contributed by atoms with Gasteiger partial charge < -0.3 is 10.4 Å². The average Bonchev–Trinajstić information content (AvgIpc) is 2.89. The van der Waals surface area contributed by atoms with E-state index in [1.807, 2.05) is 11.8 Å². The topological polar surface area (TPSA) is 66.4 Å². The molecule has 4 nitrogen and oxygen atoms in total. The molecule has 0 atom stereocenters. The molecule has 0 spiro atoms. The van der Waals surface area contributed by atoms with Crippen LogP contribution in [-0.2, 0) is 4.79 Å². The van der Waals surface area contributed by atoms with Gasteiger partial charge in [-0.3, -0.25) is 4.79 Å². The summed E-state index contributed by atoms with van der Waals surface area (Å²) in [7, 11) is 0. The van der Waals surface area contributed by atoms with Crippen molar-refractivity contribution in [2.45, 2.75) is 19.3 Å². The monoisotopic (exact) mass is 313 g/mol. The summed E-state index contributed by atoms with van der Waals surface area (Å²) in [5.74, 6) is 0.0856. The molecule has 1 rings (SSSR count). The molecule has 0 bridgehead atoms. The summed E-state index contributed by atoms with van der Waals surface area (Å²) in [5, 5.41) is 11.4. The van der Waals surface area contributed by atoms with Crippen molar-refractivity contribution in [3.63, 3.8) is 0 Å². The number of amides is 1. The Kier molecular flexibility index (Phi) is 8.06. The Labute approximate surface area is 127 Å². The van der Waals surface area contributed by atoms with Gasteiger partial charge >= 0.3 is 5.97 Å². The number of unbranched alkanes of at least 4 members (excludes halogenated alkanes) is 2. The Morgan fingerprint density at radius 3 is 2.85 bits per heavy atom. The van der Waals surface area contributed by atoms with Crippen molar-refractivity contribution in [2.75, 3.05) is 18.6 Å². The van der Waals surface area contributed by atoms with Crippen LogP contribution in [0.15, 0.2) is 18.2 Å². The van der Waals surface area contributed by atoms with Crippen LogP contribution < -0.4 is 5.32 Å². The summed E-state index contributed by atoms with van der Waals surface area (Å²) in [4.78, 5) is 23.6. The van der Waals surface area contributed by atoms with Gasteiger partial charge in [0, 0.05) is 17.5 Å². The van der Waals surface area contributed by atoms with Crippen LogP contribution in [0.2, 0.25) is 0 Å². The highest BCUT2D eigenvalue weighted by molar-refractivity contribution is 7.98. The molecule has 1 heterocycles. The van der Waals surface area contributed by atoms with E-state index in [2.05, 4.69) is 11.6 Å². The Bertz CT molecular complexity index is 469. The molecule has 1 aromatic rings. The zero-order valence-corrected chi connectivity index (χ0v) is 13.1. The van der Waals surface area contributed by atoms with Crippen molar-refractivity contribution >= 4 is 41.1 Å². The number of carbonyl (C=O) groups is 2. The van der Waals surface area contributed by atoms with Crippen LogP contribution in [0.5, 0.6) is 0 Å². The average molecular weight is 313 g/mol. The van der Waals surface area contributed by atoms with Crippen LogP contribution in [0.3, 0.4) is 0 Å². The highest BCUT2D eigenvalue weighted by Gasteiger charge is 2.07. The maximum absolute atomic E-state index is 11.8. The lowest BCUT2D eigenvalue weighted by atomic mass is 10.2. The predicted molar refractivity (Wildman–Crippen MR) is 85.6 cm³/mol. The van der Waals surface area contributed by atoms with E-state index >= 15 is 0 Å². The first-order valence-corrected chi connectivity index (χ1v) is 8.62. The molecular weight excluding hydrogens is 294 g/mol. The van der Waals surface area contributed by atoms with Crippen molar-refractivity contribution in [2.24, 2.45) is 0 Å². The molecule has 0 unspecified atom stereocenters. The quantitative estimate of drug-likeness (QED) is 0.543. The van der Waals surface area contributed by atoms with Gasteiger partial charge in [0.05, 0.1) is 4.88 Å². The van der Waals surface area contributed by atoms with Gasteiger partial charge in [-0.15, -0.1) is 11.3 Å². The Hall–Kier alpha value is -1.27. The molecule has 110 valence electrons. The SMILES string of the molecule is CSCCCCCNC(=O)c1ccc(/C=C/C(=O)O)s1. The third-order valence-electron chi connectivity index (χ3n) is 2.55. The highest BCUT2D eigenvalue weighted by Crippen LogP contribution is 2.17. The molecular formula is C14H19NO3S2. The van der Waals surface area contributed by atoms with Gasteiger partial charge in [0.2, 0.25) is 0 Å². The lowest BCUT2D eigenvalue weighted by Gasteiger charge is -2.03. The van der Waals surface area contributed by atoms with E-state index in [1.54, 1.807) is 12.1 Å². The molecule has 0 saturated carbocycles. The molecule has 6 heteroatoms. The number of carboxylic acids is 1. The number of thioether (sulfide) groups is 1. The van der Waals surface area contributed by atoms with E-state index in [0.29, 0.717) is 11.4 Å². The molecule has 0 aliphatic rings. The maximum Gasteiger partial charge on any atom is 0.328 e. The minimum atomic E-state index is -0.991. The van der Waals surface area contributed by atoms with Gasteiger partial charge in [-0.25, -0.2) is 4.79 Å². The first-order chi connectivity index (χ1) is 9.63. The molecule has 0 aliphatic heterocycles. The summed E-state index contributed by atoms with van der Waals surface area (Å²) < 4.78 is 0. The van der Waals surface area contributed by atoms with Crippen molar-refractivity contribution in [3.8, 4) is 0 Å². The first kappa shape index (κ1) is 16.8. The van der Waals surface area contributed by atoms with Crippen LogP contribution >= 0.6 is 23.1 Å². The van der Waals surface area contributed by atoms with Gasteiger partial charge in [0.1, 0.15) is 0 Å². The maximum atomic E-state index is 11.8. The van der Waals surface area contributed by atoms with Crippen LogP contribution in [0.1, 0.15) is 33.8 Å². The minimum Gasteiger partial charge on any atom is -0.478 e. The number of carbonyl (C=O) groups excluding carboxylic acids is 1. The zero-order chi connectivity index (χ0) is 14.8. The van der Waals surface area contributed by atoms with Crippen molar-refractivity contribution < 1.29 is 14.7 Å². The molecule has 0 aliphatic carbocycles. The largest absolute Gasteiger partial charge is 0.478 e. The van der Waals surface area contributed by atoms with Gasteiger partial charge in [0.15, 0.2) is 0 Å². The molecule has 0 aromatic carbocycles. The first-order valence-electron chi connectivity index (χ1n) is 6.41. The fourth-order valence-electron chi connectivity index (χ4n) is 1.56. The summed E-state index contributed by atoms with van der Waals surface area (Å²) in [6.07, 6.45) is 7.95. The van der Waals surface area contributed by atoms with Gasteiger partial charge in [-0.1, -0.05) is 6.42 Å². The number of rotatable bonds is 9. The van der Waals surface area contributed by atoms with Gasteiger partial charge in [0.25, 0.3) is 5.91 Å². The summed E-state index contributed by atoms with van der Waals surface area (Å²) in [6, 6.07) is 3.47. The van der Waals surface area contributed by atoms with E-state index in [4.69, 9.17) is 5.11 Å². The van der Waals surface area contributed by atoms with E-state index in [0.717, 1.165) is 29.5 Å². The standard InChI is InChI=1S/C14H19NO3S2/c1-19-10-4-2-3-9-15-14(18)12-7-5-11(20-12)6-8-13(16)17/h5-8H,2-4,9-10H2,1H3,(H,15,18)(H,16,17)/b8-6+. The van der Waals surface area contributed by atoms with Crippen LogP contribution in [0.4, 0.5) is 0 Å². The van der Waals surface area contributed by atoms with Crippen molar-refractivity contribution in [1.82, 2.24) is 5.32 Å². The number of thiophene rings is 1. The fourth-order valence-corrected chi connectivity index (χ4v) is 2.87. The number of hydrogen-bond donors (Lipinski definition) is 2. The second kappa shape index (κ2) is 9.61. The second-order valence-electron chi connectivity index (χ2n) is 4.18. The molecule has 1 amide bonds. The van der Waals surface area contributed by atoms with E-state index in [9.17, 15) is 9.59 Å². The lowest BCUT2D eigenvalue weighted by molar-refractivity contribution is -0.131. The molecule has 1 aromatic heterocycles. The van der Waals surface area contributed by atoms with E-state index in [1.165, 1.54) is 23.8 Å². The predicted octanol–water partition coefficient (Wildman–Crippen LogP) is 3.11. The van der Waals surface area contributed by atoms with Gasteiger partial charge in [-0.2, -0.15) is 11.8 Å². The third kappa shape index (κ3) is 6.77. The van der Waals surface area contributed by atoms with Crippen molar-refractivity contribution in [3.05, 3.63) is 28.0 Å². The number of carboxylic acid groups (broad SMARTS) is 1. The third-order valence-corrected chi connectivity index (χ3v) is 4.30. The Morgan fingerprint density at radius 2 is 2.15 bits per heavy atom. The summed E-state index contributed by atoms with van der Waals surface area (Å²) >= 11 is 3.13. The normalized spacial score (nSPS) is 10.8. The molecule has 0 saturated heterocycles. The number of hydrogen-bond acceptors (Lipinski definition) is 4. The van der Waals surface area contributed by atoms with Crippen molar-refractivity contribution in [1.29, 1.82) is 0 Å². The van der Waals surface area contributed by atoms with E-state index in [-0.39, 0.29) is 5.91 Å². The molecule has 20 heavy (non-hydrogen) atoms. The Morgan fingerprint density at radius 1 is 1.35 bits per heavy atom. The molecule has 0 radical (unpaired) electrons. The molecule has 2 N–H and O–H groups in total. The summed E-state index contributed by atoms with van der Waals surface area (Å²) in [6.45, 7) is 0.686. The fraction of sp³-hybridized carbons (Fsp3) is 0.429. The zero-order valence-electron chi connectivity index (χ0n) is 11.4. The Balaban J connectivity index is 2.31. The number of aliphatic carboxylic acids is 1. The molecule has 0 fully saturated rings. The minimum absolute atomic E-state index is 0.0881. The lowest BCUT2D eigenvalue weighted by Crippen LogP contribution is -2.23. The van der Waals surface area contributed by atoms with E-state index < -0.39 is 5.97 Å². The van der Waals surface area contributed by atoms with Gasteiger partial charge in [-0.05, 0) is 43.1 Å². The number of nitrogens with one attached hydrogen (secondary N) is 1.